The Labute approximate surface area is 113 Å². The van der Waals surface area contributed by atoms with Gasteiger partial charge in [-0.15, -0.1) is 0 Å². The third-order valence-corrected chi connectivity index (χ3v) is 2.98. The van der Waals surface area contributed by atoms with Gasteiger partial charge in [0.1, 0.15) is 17.5 Å². The first-order valence-electron chi connectivity index (χ1n) is 5.57. The van der Waals surface area contributed by atoms with Gasteiger partial charge in [0.05, 0.1) is 5.69 Å². The van der Waals surface area contributed by atoms with E-state index in [-0.39, 0.29) is 11.7 Å². The molecule has 0 bridgehead atoms. The van der Waals surface area contributed by atoms with Crippen molar-refractivity contribution in [1.82, 2.24) is 9.97 Å². The molecule has 0 unspecified atom stereocenters. The summed E-state index contributed by atoms with van der Waals surface area (Å²) in [5.41, 5.74) is 6.66. The van der Waals surface area contributed by atoms with Crippen molar-refractivity contribution in [3.63, 3.8) is 0 Å². The Morgan fingerprint density at radius 2 is 1.94 bits per heavy atom. The van der Waals surface area contributed by atoms with Crippen molar-refractivity contribution in [3.05, 3.63) is 40.4 Å². The lowest BCUT2D eigenvalue weighted by molar-refractivity contribution is 0.630. The minimum atomic E-state index is -0.328. The Morgan fingerprint density at radius 3 is 2.61 bits per heavy atom. The number of rotatable bonds is 2. The van der Waals surface area contributed by atoms with Gasteiger partial charge in [0.25, 0.3) is 0 Å². The molecular weight excluding hydrogens is 297 g/mol. The largest absolute Gasteiger partial charge is 0.384 e. The first-order chi connectivity index (χ1) is 8.47. The van der Waals surface area contributed by atoms with Gasteiger partial charge in [-0.05, 0) is 18.2 Å². The molecule has 94 valence electrons. The van der Waals surface area contributed by atoms with Gasteiger partial charge in [0.2, 0.25) is 0 Å². The van der Waals surface area contributed by atoms with Crippen molar-refractivity contribution >= 4 is 21.7 Å². The van der Waals surface area contributed by atoms with Crippen molar-refractivity contribution in [2.24, 2.45) is 0 Å². The summed E-state index contributed by atoms with van der Waals surface area (Å²) in [5, 5.41) is 0. The number of hydrogen-bond acceptors (Lipinski definition) is 3. The number of nitrogens with zero attached hydrogens (tertiary/aromatic N) is 2. The molecule has 5 heteroatoms. The van der Waals surface area contributed by atoms with Crippen LogP contribution in [0.5, 0.6) is 0 Å². The van der Waals surface area contributed by atoms with Crippen LogP contribution in [0.4, 0.5) is 10.2 Å². The van der Waals surface area contributed by atoms with Crippen molar-refractivity contribution in [2.45, 2.75) is 19.8 Å². The number of halogens is 2. The maximum atomic E-state index is 13.8. The van der Waals surface area contributed by atoms with Gasteiger partial charge in [0.15, 0.2) is 0 Å². The Morgan fingerprint density at radius 1 is 1.22 bits per heavy atom. The van der Waals surface area contributed by atoms with Crippen LogP contribution in [-0.2, 0) is 0 Å². The molecule has 2 rings (SSSR count). The van der Waals surface area contributed by atoms with Crippen LogP contribution in [0, 0.1) is 5.82 Å². The fourth-order valence-corrected chi connectivity index (χ4v) is 1.94. The third-order valence-electron chi connectivity index (χ3n) is 2.48. The van der Waals surface area contributed by atoms with E-state index in [1.807, 2.05) is 13.8 Å². The minimum Gasteiger partial charge on any atom is -0.384 e. The molecule has 18 heavy (non-hydrogen) atoms. The molecule has 1 aromatic carbocycles. The second-order valence-corrected chi connectivity index (χ2v) is 5.23. The average molecular weight is 310 g/mol. The average Bonchev–Trinajstić information content (AvgIpc) is 2.31. The fourth-order valence-electron chi connectivity index (χ4n) is 1.58. The number of anilines is 1. The molecule has 2 N–H and O–H groups in total. The minimum absolute atomic E-state index is 0.141. The fraction of sp³-hybridized carbons (Fsp3) is 0.231. The molecule has 0 spiro atoms. The molecule has 0 aliphatic carbocycles. The number of hydrogen-bond donors (Lipinski definition) is 1. The van der Waals surface area contributed by atoms with Crippen molar-refractivity contribution in [3.8, 4) is 11.3 Å². The van der Waals surface area contributed by atoms with Crippen LogP contribution in [0.25, 0.3) is 11.3 Å². The summed E-state index contributed by atoms with van der Waals surface area (Å²) in [6.07, 6.45) is 0. The molecule has 2 aromatic rings. The Bertz CT molecular complexity index is 584. The van der Waals surface area contributed by atoms with Crippen LogP contribution in [0.1, 0.15) is 25.6 Å². The summed E-state index contributed by atoms with van der Waals surface area (Å²) in [7, 11) is 0. The summed E-state index contributed by atoms with van der Waals surface area (Å²) < 4.78 is 14.6. The van der Waals surface area contributed by atoms with Gasteiger partial charge >= 0.3 is 0 Å². The predicted molar refractivity (Wildman–Crippen MR) is 73.6 cm³/mol. The molecule has 0 fully saturated rings. The lowest BCUT2D eigenvalue weighted by Crippen LogP contribution is -2.03. The maximum Gasteiger partial charge on any atom is 0.133 e. The van der Waals surface area contributed by atoms with Crippen molar-refractivity contribution < 1.29 is 4.39 Å². The summed E-state index contributed by atoms with van der Waals surface area (Å²) in [4.78, 5) is 8.50. The van der Waals surface area contributed by atoms with Crippen molar-refractivity contribution in [2.75, 3.05) is 5.73 Å². The van der Waals surface area contributed by atoms with E-state index in [1.54, 1.807) is 18.2 Å². The number of benzene rings is 1. The monoisotopic (exact) mass is 309 g/mol. The van der Waals surface area contributed by atoms with Crippen LogP contribution in [-0.4, -0.2) is 9.97 Å². The summed E-state index contributed by atoms with van der Waals surface area (Å²) in [6, 6.07) is 6.30. The zero-order chi connectivity index (χ0) is 13.3. The van der Waals surface area contributed by atoms with E-state index in [2.05, 4.69) is 25.9 Å². The van der Waals surface area contributed by atoms with Crippen LogP contribution >= 0.6 is 15.9 Å². The Hall–Kier alpha value is -1.49. The Balaban J connectivity index is 2.60. The summed E-state index contributed by atoms with van der Waals surface area (Å²) >= 11 is 3.32. The lowest BCUT2D eigenvalue weighted by Gasteiger charge is -2.09. The molecule has 0 saturated heterocycles. The first-order valence-corrected chi connectivity index (χ1v) is 6.36. The third kappa shape index (κ3) is 2.67. The van der Waals surface area contributed by atoms with E-state index in [1.165, 1.54) is 6.07 Å². The molecule has 1 heterocycles. The zero-order valence-electron chi connectivity index (χ0n) is 10.1. The van der Waals surface area contributed by atoms with E-state index in [4.69, 9.17) is 5.73 Å². The molecule has 3 nitrogen and oxygen atoms in total. The molecule has 0 saturated carbocycles. The molecule has 0 aliphatic rings. The lowest BCUT2D eigenvalue weighted by atomic mass is 10.1. The van der Waals surface area contributed by atoms with E-state index < -0.39 is 0 Å². The zero-order valence-corrected chi connectivity index (χ0v) is 11.7. The van der Waals surface area contributed by atoms with Gasteiger partial charge in [-0.25, -0.2) is 14.4 Å². The molecule has 0 aliphatic heterocycles. The van der Waals surface area contributed by atoms with Gasteiger partial charge in [-0.2, -0.15) is 0 Å². The number of nitrogen functional groups attached to an aromatic ring is 1. The molecule has 0 amide bonds. The maximum absolute atomic E-state index is 13.8. The van der Waals surface area contributed by atoms with Crippen LogP contribution in [0.3, 0.4) is 0 Å². The highest BCUT2D eigenvalue weighted by Gasteiger charge is 2.11. The second kappa shape index (κ2) is 5.02. The van der Waals surface area contributed by atoms with Crippen LogP contribution in [0.15, 0.2) is 28.7 Å². The van der Waals surface area contributed by atoms with E-state index in [0.717, 1.165) is 4.47 Å². The Kier molecular flexibility index (Phi) is 3.61. The molecule has 0 radical (unpaired) electrons. The SMILES string of the molecule is CC(C)c1nc(N)cc(-c2cc(Br)ccc2F)n1. The van der Waals surface area contributed by atoms with E-state index in [0.29, 0.717) is 22.9 Å². The van der Waals surface area contributed by atoms with Gasteiger partial charge in [-0.1, -0.05) is 29.8 Å². The van der Waals surface area contributed by atoms with Crippen LogP contribution < -0.4 is 5.73 Å². The predicted octanol–water partition coefficient (Wildman–Crippen LogP) is 3.75. The summed E-state index contributed by atoms with van der Waals surface area (Å²) in [6.45, 7) is 3.94. The van der Waals surface area contributed by atoms with Gasteiger partial charge < -0.3 is 5.73 Å². The van der Waals surface area contributed by atoms with E-state index in [9.17, 15) is 4.39 Å². The van der Waals surface area contributed by atoms with Crippen molar-refractivity contribution in [1.29, 1.82) is 0 Å². The first kappa shape index (κ1) is 13.0. The highest BCUT2D eigenvalue weighted by atomic mass is 79.9. The highest BCUT2D eigenvalue weighted by Crippen LogP contribution is 2.26. The molecular formula is C13H13BrFN3. The number of aromatic nitrogens is 2. The van der Waals surface area contributed by atoms with Gasteiger partial charge in [-0.3, -0.25) is 0 Å². The standard InChI is InChI=1S/C13H13BrFN3/c1-7(2)13-17-11(6-12(16)18-13)9-5-8(14)3-4-10(9)15/h3-7H,1-2H3,(H2,16,17,18). The normalized spacial score (nSPS) is 10.9. The van der Waals surface area contributed by atoms with Gasteiger partial charge in [0, 0.05) is 22.0 Å². The van der Waals surface area contributed by atoms with Crippen LogP contribution in [0.2, 0.25) is 0 Å². The molecule has 1 aromatic heterocycles. The summed E-state index contributed by atoms with van der Waals surface area (Å²) in [5.74, 6) is 0.779. The quantitative estimate of drug-likeness (QED) is 0.919. The highest BCUT2D eigenvalue weighted by molar-refractivity contribution is 9.10. The number of nitrogens with two attached hydrogens (primary N) is 1. The van der Waals surface area contributed by atoms with E-state index >= 15 is 0 Å². The molecule has 0 atom stereocenters. The second-order valence-electron chi connectivity index (χ2n) is 4.32. The smallest absolute Gasteiger partial charge is 0.133 e. The topological polar surface area (TPSA) is 51.8 Å².